The number of aliphatic hydroxyl groups excluding tert-OH is 1. The third-order valence-corrected chi connectivity index (χ3v) is 4.71. The van der Waals surface area contributed by atoms with Crippen LogP contribution in [0, 0.1) is 0 Å². The van der Waals surface area contributed by atoms with E-state index in [1.807, 2.05) is 12.1 Å². The third kappa shape index (κ3) is 6.55. The Balaban J connectivity index is 1.36. The molecule has 0 aromatic heterocycles. The second-order valence-electron chi connectivity index (χ2n) is 7.11. The van der Waals surface area contributed by atoms with E-state index in [-0.39, 0.29) is 12.6 Å². The fourth-order valence-corrected chi connectivity index (χ4v) is 3.08. The van der Waals surface area contributed by atoms with Crippen molar-refractivity contribution in [3.8, 4) is 5.75 Å². The summed E-state index contributed by atoms with van der Waals surface area (Å²) in [7, 11) is 0. The molecule has 25 heavy (non-hydrogen) atoms. The monoisotopic (exact) mass is 347 g/mol. The van der Waals surface area contributed by atoms with E-state index in [9.17, 15) is 9.90 Å². The third-order valence-electron chi connectivity index (χ3n) is 4.71. The molecule has 1 atom stereocenters. The topological polar surface area (TPSA) is 82.6 Å². The number of urea groups is 1. The quantitative estimate of drug-likeness (QED) is 0.583. The van der Waals surface area contributed by atoms with E-state index in [0.717, 1.165) is 18.5 Å². The van der Waals surface area contributed by atoms with Crippen LogP contribution in [0.15, 0.2) is 24.3 Å². The van der Waals surface area contributed by atoms with Gasteiger partial charge in [-0.2, -0.15) is 0 Å². The highest BCUT2D eigenvalue weighted by Crippen LogP contribution is 2.19. The van der Waals surface area contributed by atoms with Crippen LogP contribution >= 0.6 is 0 Å². The number of amides is 2. The van der Waals surface area contributed by atoms with Crippen molar-refractivity contribution >= 4 is 11.7 Å². The van der Waals surface area contributed by atoms with Crippen molar-refractivity contribution in [3.63, 3.8) is 0 Å². The molecule has 0 saturated heterocycles. The SMILES string of the molecule is O=C(Nc1ccc(OCC(O)CNC2CC2)cc1)NC1CCCCC1. The molecule has 6 heteroatoms. The number of hydrogen-bond donors (Lipinski definition) is 4. The highest BCUT2D eigenvalue weighted by Gasteiger charge is 2.21. The molecule has 4 N–H and O–H groups in total. The van der Waals surface area contributed by atoms with Gasteiger partial charge in [-0.1, -0.05) is 19.3 Å². The van der Waals surface area contributed by atoms with Crippen LogP contribution in [0.4, 0.5) is 10.5 Å². The van der Waals surface area contributed by atoms with E-state index in [4.69, 9.17) is 4.74 Å². The maximum atomic E-state index is 12.0. The van der Waals surface area contributed by atoms with Crippen molar-refractivity contribution in [1.82, 2.24) is 10.6 Å². The molecule has 1 aromatic carbocycles. The average molecular weight is 347 g/mol. The first-order valence-electron chi connectivity index (χ1n) is 9.41. The molecule has 138 valence electrons. The first kappa shape index (κ1) is 18.0. The molecule has 2 fully saturated rings. The van der Waals surface area contributed by atoms with Crippen LogP contribution in [0.5, 0.6) is 5.75 Å². The Hall–Kier alpha value is -1.79. The Labute approximate surface area is 149 Å². The van der Waals surface area contributed by atoms with E-state index >= 15 is 0 Å². The summed E-state index contributed by atoms with van der Waals surface area (Å²) < 4.78 is 5.58. The minimum absolute atomic E-state index is 0.151. The average Bonchev–Trinajstić information content (AvgIpc) is 3.44. The first-order valence-corrected chi connectivity index (χ1v) is 9.41. The smallest absolute Gasteiger partial charge is 0.319 e. The van der Waals surface area contributed by atoms with Gasteiger partial charge in [-0.25, -0.2) is 4.79 Å². The van der Waals surface area contributed by atoms with Gasteiger partial charge in [0.15, 0.2) is 0 Å². The fraction of sp³-hybridized carbons (Fsp3) is 0.632. The van der Waals surface area contributed by atoms with Gasteiger partial charge in [0.05, 0.1) is 0 Å². The van der Waals surface area contributed by atoms with Crippen molar-refractivity contribution in [3.05, 3.63) is 24.3 Å². The molecule has 6 nitrogen and oxygen atoms in total. The molecular weight excluding hydrogens is 318 g/mol. The summed E-state index contributed by atoms with van der Waals surface area (Å²) in [4.78, 5) is 12.0. The Morgan fingerprint density at radius 2 is 1.80 bits per heavy atom. The minimum atomic E-state index is -0.514. The van der Waals surface area contributed by atoms with Gasteiger partial charge in [-0.15, -0.1) is 0 Å². The number of carbonyl (C=O) groups is 1. The van der Waals surface area contributed by atoms with Crippen molar-refractivity contribution in [1.29, 1.82) is 0 Å². The van der Waals surface area contributed by atoms with E-state index in [1.165, 1.54) is 32.1 Å². The molecule has 0 radical (unpaired) electrons. The molecule has 0 bridgehead atoms. The van der Waals surface area contributed by atoms with Gasteiger partial charge in [-0.05, 0) is 49.9 Å². The summed E-state index contributed by atoms with van der Waals surface area (Å²) in [6.45, 7) is 0.820. The largest absolute Gasteiger partial charge is 0.491 e. The van der Waals surface area contributed by atoms with Gasteiger partial charge in [0.2, 0.25) is 0 Å². The molecule has 3 rings (SSSR count). The Morgan fingerprint density at radius 1 is 1.08 bits per heavy atom. The zero-order chi connectivity index (χ0) is 17.5. The second kappa shape index (κ2) is 9.06. The van der Waals surface area contributed by atoms with Gasteiger partial charge in [0.1, 0.15) is 18.5 Å². The number of aliphatic hydroxyl groups is 1. The molecule has 2 aliphatic carbocycles. The number of rotatable bonds is 8. The highest BCUT2D eigenvalue weighted by atomic mass is 16.5. The molecule has 2 saturated carbocycles. The maximum Gasteiger partial charge on any atom is 0.319 e. The number of nitrogens with one attached hydrogen (secondary N) is 3. The Kier molecular flexibility index (Phi) is 6.53. The van der Waals surface area contributed by atoms with Gasteiger partial charge < -0.3 is 25.8 Å². The lowest BCUT2D eigenvalue weighted by Gasteiger charge is -2.22. The van der Waals surface area contributed by atoms with E-state index in [1.54, 1.807) is 12.1 Å². The molecule has 1 aromatic rings. The molecule has 1 unspecified atom stereocenters. The summed E-state index contributed by atoms with van der Waals surface area (Å²) >= 11 is 0. The van der Waals surface area contributed by atoms with Crippen LogP contribution in [-0.2, 0) is 0 Å². The standard InChI is InChI=1S/C19H29N3O3/c23-17(12-20-14-6-7-14)13-25-18-10-8-16(9-11-18)22-19(24)21-15-4-2-1-3-5-15/h8-11,14-15,17,20,23H,1-7,12-13H2,(H2,21,22,24). The molecule has 2 amide bonds. The normalized spacial score (nSPS) is 19.2. The van der Waals surface area contributed by atoms with E-state index in [0.29, 0.717) is 24.4 Å². The summed E-state index contributed by atoms with van der Waals surface area (Å²) in [6, 6.07) is 7.95. The summed E-state index contributed by atoms with van der Waals surface area (Å²) in [5, 5.41) is 19.0. The zero-order valence-corrected chi connectivity index (χ0v) is 14.7. The van der Waals surface area contributed by atoms with Crippen LogP contribution in [-0.4, -0.2) is 42.5 Å². The predicted molar refractivity (Wildman–Crippen MR) is 98.0 cm³/mol. The lowest BCUT2D eigenvalue weighted by molar-refractivity contribution is 0.106. The van der Waals surface area contributed by atoms with Crippen molar-refractivity contribution in [2.45, 2.75) is 63.1 Å². The molecule has 0 spiro atoms. The molecular formula is C19H29N3O3. The van der Waals surface area contributed by atoms with Crippen molar-refractivity contribution in [2.24, 2.45) is 0 Å². The fourth-order valence-electron chi connectivity index (χ4n) is 3.08. The summed E-state index contributed by atoms with van der Waals surface area (Å²) in [5.74, 6) is 0.684. The van der Waals surface area contributed by atoms with Crippen LogP contribution in [0.2, 0.25) is 0 Å². The van der Waals surface area contributed by atoms with Crippen molar-refractivity contribution in [2.75, 3.05) is 18.5 Å². The van der Waals surface area contributed by atoms with Crippen LogP contribution < -0.4 is 20.7 Å². The highest BCUT2D eigenvalue weighted by molar-refractivity contribution is 5.89. The number of carbonyl (C=O) groups excluding carboxylic acids is 1. The maximum absolute atomic E-state index is 12.0. The summed E-state index contributed by atoms with van der Waals surface area (Å²) in [5.41, 5.74) is 0.733. The number of benzene rings is 1. The predicted octanol–water partition coefficient (Wildman–Crippen LogP) is 2.63. The Bertz CT molecular complexity index is 539. The van der Waals surface area contributed by atoms with Gasteiger partial charge in [-0.3, -0.25) is 0 Å². The van der Waals surface area contributed by atoms with E-state index in [2.05, 4.69) is 16.0 Å². The van der Waals surface area contributed by atoms with Gasteiger partial charge >= 0.3 is 6.03 Å². The van der Waals surface area contributed by atoms with E-state index < -0.39 is 6.10 Å². The van der Waals surface area contributed by atoms with Crippen LogP contribution in [0.25, 0.3) is 0 Å². The van der Waals surface area contributed by atoms with Gasteiger partial charge in [0, 0.05) is 24.3 Å². The molecule has 2 aliphatic rings. The lowest BCUT2D eigenvalue weighted by Crippen LogP contribution is -2.38. The van der Waals surface area contributed by atoms with Crippen LogP contribution in [0.1, 0.15) is 44.9 Å². The number of hydrogen-bond acceptors (Lipinski definition) is 4. The molecule has 0 aliphatic heterocycles. The minimum Gasteiger partial charge on any atom is -0.491 e. The Morgan fingerprint density at radius 3 is 2.48 bits per heavy atom. The van der Waals surface area contributed by atoms with Crippen molar-refractivity contribution < 1.29 is 14.6 Å². The second-order valence-corrected chi connectivity index (χ2v) is 7.11. The number of anilines is 1. The number of ether oxygens (including phenoxy) is 1. The zero-order valence-electron chi connectivity index (χ0n) is 14.7. The van der Waals surface area contributed by atoms with Crippen LogP contribution in [0.3, 0.4) is 0 Å². The lowest BCUT2D eigenvalue weighted by atomic mass is 9.96. The molecule has 0 heterocycles. The summed E-state index contributed by atoms with van der Waals surface area (Å²) in [6.07, 6.45) is 7.69. The first-order chi connectivity index (χ1) is 12.2. The van der Waals surface area contributed by atoms with Gasteiger partial charge in [0.25, 0.3) is 0 Å².